The van der Waals surface area contributed by atoms with Crippen LogP contribution in [0, 0.1) is 0 Å². The van der Waals surface area contributed by atoms with Gasteiger partial charge in [-0.05, 0) is 12.1 Å². The third kappa shape index (κ3) is 5.78. The van der Waals surface area contributed by atoms with Crippen molar-refractivity contribution < 1.29 is 26.3 Å². The zero-order chi connectivity index (χ0) is 25.2. The summed E-state index contributed by atoms with van der Waals surface area (Å²) in [6.45, 7) is 1.39. The topological polar surface area (TPSA) is 156 Å². The van der Waals surface area contributed by atoms with Gasteiger partial charge >= 0.3 is 0 Å². The van der Waals surface area contributed by atoms with Crippen molar-refractivity contribution in [3.63, 3.8) is 0 Å². The average Bonchev–Trinajstić information content (AvgIpc) is 3.19. The lowest BCUT2D eigenvalue weighted by Gasteiger charge is -2.26. The molecule has 0 amide bonds. The lowest BCUT2D eigenvalue weighted by molar-refractivity contribution is 0.0730. The zero-order valence-electron chi connectivity index (χ0n) is 19.0. The number of hydrogen-bond donors (Lipinski definition) is 3. The number of sulfonamides is 1. The van der Waals surface area contributed by atoms with Gasteiger partial charge in [0.1, 0.15) is 27.1 Å². The summed E-state index contributed by atoms with van der Waals surface area (Å²) in [4.78, 5) is 11.9. The first-order chi connectivity index (χ1) is 16.6. The van der Waals surface area contributed by atoms with Crippen LogP contribution in [-0.4, -0.2) is 88.1 Å². The molecule has 1 aliphatic rings. The maximum Gasteiger partial charge on any atom is 0.243 e. The van der Waals surface area contributed by atoms with Crippen molar-refractivity contribution in [1.29, 1.82) is 0 Å². The van der Waals surface area contributed by atoms with Gasteiger partial charge in [-0.15, -0.1) is 0 Å². The first-order valence-electron chi connectivity index (χ1n) is 10.6. The van der Waals surface area contributed by atoms with Crippen LogP contribution in [0.15, 0.2) is 29.3 Å². The van der Waals surface area contributed by atoms with Gasteiger partial charge in [0.15, 0.2) is 0 Å². The highest BCUT2D eigenvalue weighted by atomic mass is 35.5. The number of sulfone groups is 1. The fourth-order valence-electron chi connectivity index (χ4n) is 3.53. The molecule has 0 unspecified atom stereocenters. The normalized spacial score (nSPS) is 15.3. The third-order valence-electron chi connectivity index (χ3n) is 5.28. The molecular formula is C20H25ClN6O6S2. The maximum absolute atomic E-state index is 13.0. The number of anilines is 3. The van der Waals surface area contributed by atoms with Gasteiger partial charge in [-0.1, -0.05) is 11.6 Å². The minimum absolute atomic E-state index is 0.0871. The Kier molecular flexibility index (Phi) is 7.38. The zero-order valence-corrected chi connectivity index (χ0v) is 21.4. The molecular weight excluding hydrogens is 520 g/mol. The van der Waals surface area contributed by atoms with E-state index < -0.39 is 19.9 Å². The summed E-state index contributed by atoms with van der Waals surface area (Å²) in [5.74, 6) is 0.702. The molecule has 190 valence electrons. The van der Waals surface area contributed by atoms with Crippen LogP contribution in [0.25, 0.3) is 11.0 Å². The van der Waals surface area contributed by atoms with Gasteiger partial charge in [0.05, 0.1) is 47.1 Å². The Hall–Kier alpha value is -2.65. The molecule has 3 N–H and O–H groups in total. The van der Waals surface area contributed by atoms with Crippen LogP contribution in [0.3, 0.4) is 0 Å². The third-order valence-corrected chi connectivity index (χ3v) is 8.41. The number of fused-ring (bicyclic) bond motifs is 1. The quantitative estimate of drug-likeness (QED) is 0.363. The molecule has 0 spiro atoms. The van der Waals surface area contributed by atoms with E-state index in [1.807, 2.05) is 0 Å². The number of ether oxygens (including phenoxy) is 2. The number of rotatable bonds is 9. The van der Waals surface area contributed by atoms with E-state index in [0.29, 0.717) is 40.8 Å². The SMILES string of the molecule is COc1cc(S(=O)(=O)N2CCOCC2)ccc1Nc1nc(NCCS(C)(=O)=O)c2c(Cl)c[nH]c2n1. The Balaban J connectivity index is 1.63. The van der Waals surface area contributed by atoms with E-state index in [0.717, 1.165) is 6.26 Å². The molecule has 35 heavy (non-hydrogen) atoms. The van der Waals surface area contributed by atoms with Crippen molar-refractivity contribution in [3.05, 3.63) is 29.4 Å². The van der Waals surface area contributed by atoms with E-state index in [-0.39, 0.29) is 42.0 Å². The Morgan fingerprint density at radius 1 is 1.20 bits per heavy atom. The van der Waals surface area contributed by atoms with Gasteiger partial charge < -0.3 is 25.1 Å². The average molecular weight is 545 g/mol. The number of morpholine rings is 1. The molecule has 0 atom stereocenters. The number of nitrogens with one attached hydrogen (secondary N) is 3. The van der Waals surface area contributed by atoms with Gasteiger partial charge in [0.2, 0.25) is 16.0 Å². The minimum atomic E-state index is -3.70. The van der Waals surface area contributed by atoms with Crippen LogP contribution in [-0.2, 0) is 24.6 Å². The largest absolute Gasteiger partial charge is 0.495 e. The Bertz CT molecular complexity index is 1440. The molecule has 1 aliphatic heterocycles. The Labute approximate surface area is 208 Å². The van der Waals surface area contributed by atoms with E-state index >= 15 is 0 Å². The van der Waals surface area contributed by atoms with Gasteiger partial charge in [-0.25, -0.2) is 16.8 Å². The van der Waals surface area contributed by atoms with Crippen LogP contribution in [0.1, 0.15) is 0 Å². The highest BCUT2D eigenvalue weighted by molar-refractivity contribution is 7.90. The standard InChI is InChI=1S/C20H25ClN6O6S2/c1-32-16-11-13(35(30,31)27-6-8-33-9-7-27)3-4-15(16)24-20-25-18(22-5-10-34(2,28)29)17-14(21)12-23-19(17)26-20/h3-4,11-12H,5-10H2,1-2H3,(H3,22,23,24,25,26). The van der Waals surface area contributed by atoms with Crippen molar-refractivity contribution in [2.45, 2.75) is 4.90 Å². The number of H-pyrrole nitrogens is 1. The lowest BCUT2D eigenvalue weighted by Crippen LogP contribution is -2.40. The van der Waals surface area contributed by atoms with Gasteiger partial charge in [-0.2, -0.15) is 14.3 Å². The van der Waals surface area contributed by atoms with E-state index in [4.69, 9.17) is 21.1 Å². The molecule has 15 heteroatoms. The summed E-state index contributed by atoms with van der Waals surface area (Å²) >= 11 is 6.25. The number of halogens is 1. The predicted octanol–water partition coefficient (Wildman–Crippen LogP) is 1.84. The number of aromatic nitrogens is 3. The maximum atomic E-state index is 13.0. The molecule has 1 aromatic carbocycles. The number of benzene rings is 1. The van der Waals surface area contributed by atoms with Crippen LogP contribution in [0.2, 0.25) is 5.02 Å². The number of aromatic amines is 1. The van der Waals surface area contributed by atoms with Gasteiger partial charge in [0, 0.05) is 38.2 Å². The van der Waals surface area contributed by atoms with Crippen molar-refractivity contribution in [3.8, 4) is 5.75 Å². The van der Waals surface area contributed by atoms with Crippen molar-refractivity contribution in [2.24, 2.45) is 0 Å². The second kappa shape index (κ2) is 10.1. The van der Waals surface area contributed by atoms with E-state index in [1.54, 1.807) is 12.3 Å². The molecule has 1 saturated heterocycles. The highest BCUT2D eigenvalue weighted by Gasteiger charge is 2.27. The Morgan fingerprint density at radius 2 is 1.94 bits per heavy atom. The lowest BCUT2D eigenvalue weighted by atomic mass is 10.3. The van der Waals surface area contributed by atoms with Crippen molar-refractivity contribution in [1.82, 2.24) is 19.3 Å². The second-order valence-electron chi connectivity index (χ2n) is 7.82. The van der Waals surface area contributed by atoms with Crippen molar-refractivity contribution >= 4 is 59.9 Å². The minimum Gasteiger partial charge on any atom is -0.495 e. The summed E-state index contributed by atoms with van der Waals surface area (Å²) in [5.41, 5.74) is 0.868. The Morgan fingerprint density at radius 3 is 2.63 bits per heavy atom. The fourth-order valence-corrected chi connectivity index (χ4v) is 5.66. The summed E-state index contributed by atoms with van der Waals surface area (Å²) in [7, 11) is -5.45. The van der Waals surface area contributed by atoms with Crippen LogP contribution in [0.5, 0.6) is 5.75 Å². The highest BCUT2D eigenvalue weighted by Crippen LogP contribution is 2.33. The molecule has 0 bridgehead atoms. The molecule has 3 heterocycles. The monoisotopic (exact) mass is 544 g/mol. The molecule has 0 aliphatic carbocycles. The number of nitrogens with zero attached hydrogens (tertiary/aromatic N) is 3. The van der Waals surface area contributed by atoms with Crippen LogP contribution >= 0.6 is 11.6 Å². The molecule has 0 saturated carbocycles. The van der Waals surface area contributed by atoms with Crippen molar-refractivity contribution in [2.75, 3.05) is 62.6 Å². The number of hydrogen-bond acceptors (Lipinski definition) is 10. The first-order valence-corrected chi connectivity index (χ1v) is 14.5. The second-order valence-corrected chi connectivity index (χ2v) is 12.4. The number of methoxy groups -OCH3 is 1. The fraction of sp³-hybridized carbons (Fsp3) is 0.400. The van der Waals surface area contributed by atoms with Crippen LogP contribution in [0.4, 0.5) is 17.5 Å². The van der Waals surface area contributed by atoms with E-state index in [9.17, 15) is 16.8 Å². The van der Waals surface area contributed by atoms with Gasteiger partial charge in [-0.3, -0.25) is 0 Å². The van der Waals surface area contributed by atoms with Crippen LogP contribution < -0.4 is 15.4 Å². The summed E-state index contributed by atoms with van der Waals surface area (Å²) in [6.07, 6.45) is 2.70. The molecule has 1 fully saturated rings. The molecule has 0 radical (unpaired) electrons. The van der Waals surface area contributed by atoms with Gasteiger partial charge in [0.25, 0.3) is 0 Å². The first kappa shape index (κ1) is 25.4. The summed E-state index contributed by atoms with van der Waals surface area (Å²) < 4.78 is 61.0. The summed E-state index contributed by atoms with van der Waals surface area (Å²) in [5, 5.41) is 6.92. The molecule has 3 aromatic rings. The van der Waals surface area contributed by atoms with E-state index in [1.165, 1.54) is 23.5 Å². The van der Waals surface area contributed by atoms with E-state index in [2.05, 4.69) is 25.6 Å². The predicted molar refractivity (Wildman–Crippen MR) is 133 cm³/mol. The molecule has 2 aromatic heterocycles. The molecule has 4 rings (SSSR count). The molecule has 12 nitrogen and oxygen atoms in total. The smallest absolute Gasteiger partial charge is 0.243 e. The summed E-state index contributed by atoms with van der Waals surface area (Å²) in [6, 6.07) is 4.48.